The van der Waals surface area contributed by atoms with Crippen molar-refractivity contribution in [3.05, 3.63) is 171 Å². The molecule has 6 rings (SSSR count). The van der Waals surface area contributed by atoms with Gasteiger partial charge in [0.25, 0.3) is 23.6 Å². The van der Waals surface area contributed by atoms with Crippen LogP contribution in [-0.2, 0) is 12.4 Å². The Balaban J connectivity index is 0.000000276. The average Bonchev–Trinajstić information content (AvgIpc) is 3.25. The van der Waals surface area contributed by atoms with Gasteiger partial charge in [-0.25, -0.2) is 22.0 Å². The number of halogens is 17. The SMILES string of the molecule is Cc1cc(F)c(C(N)=O)cc1NC(=O)c1c(F)ccc(C(F)(F)F)c1F.Cc1cc(F)c(C(N)=O)cc1NC(=O)c1c(Oc2ccc(OC(F)(F)F)cc2)ccc(C(F)(F)F)c1F.Oc1ccc(OC(F)(F)F)cc1. The zero-order valence-electron chi connectivity index (χ0n) is 37.1. The van der Waals surface area contributed by atoms with Crippen molar-refractivity contribution in [2.75, 3.05) is 10.6 Å². The van der Waals surface area contributed by atoms with Gasteiger partial charge >= 0.3 is 25.1 Å². The molecule has 75 heavy (non-hydrogen) atoms. The van der Waals surface area contributed by atoms with Gasteiger partial charge in [0.15, 0.2) is 11.6 Å². The van der Waals surface area contributed by atoms with Crippen molar-refractivity contribution in [3.63, 3.8) is 0 Å². The second kappa shape index (κ2) is 23.0. The predicted octanol–water partition coefficient (Wildman–Crippen LogP) is 12.4. The van der Waals surface area contributed by atoms with Crippen LogP contribution >= 0.6 is 0 Å². The van der Waals surface area contributed by atoms with Crippen LogP contribution in [0.1, 0.15) is 63.7 Å². The van der Waals surface area contributed by atoms with Crippen molar-refractivity contribution in [3.8, 4) is 28.7 Å². The molecular formula is C46H29F17N4O8. The molecule has 6 aromatic carbocycles. The van der Waals surface area contributed by atoms with Gasteiger partial charge in [-0.3, -0.25) is 19.2 Å². The van der Waals surface area contributed by atoms with Crippen molar-refractivity contribution in [1.82, 2.24) is 0 Å². The number of aromatic hydroxyl groups is 1. The maximum Gasteiger partial charge on any atom is 0.573 e. The highest BCUT2D eigenvalue weighted by atomic mass is 19.4. The number of anilines is 2. The number of phenolic OH excluding ortho intramolecular Hbond substituents is 1. The van der Waals surface area contributed by atoms with Gasteiger partial charge in [0, 0.05) is 11.4 Å². The molecular weight excluding hydrogens is 1060 g/mol. The Bertz CT molecular complexity index is 3110. The van der Waals surface area contributed by atoms with E-state index in [1.165, 1.54) is 13.8 Å². The van der Waals surface area contributed by atoms with Crippen molar-refractivity contribution in [2.45, 2.75) is 38.9 Å². The third-order valence-corrected chi connectivity index (χ3v) is 9.27. The summed E-state index contributed by atoms with van der Waals surface area (Å²) in [5, 5.41) is 12.8. The lowest BCUT2D eigenvalue weighted by Gasteiger charge is -2.17. The summed E-state index contributed by atoms with van der Waals surface area (Å²) in [6.45, 7) is 2.58. The van der Waals surface area contributed by atoms with Crippen molar-refractivity contribution >= 4 is 35.0 Å². The third kappa shape index (κ3) is 16.1. The first kappa shape index (κ1) is 58.8. The number of hydrogen-bond donors (Lipinski definition) is 5. The molecule has 0 aliphatic heterocycles. The number of primary amides is 2. The minimum absolute atomic E-state index is 0.0194. The first-order chi connectivity index (χ1) is 34.5. The van der Waals surface area contributed by atoms with Crippen LogP contribution in [0, 0.1) is 42.9 Å². The van der Waals surface area contributed by atoms with Gasteiger partial charge in [0.1, 0.15) is 57.3 Å². The fourth-order valence-corrected chi connectivity index (χ4v) is 5.90. The average molecular weight is 1090 g/mol. The van der Waals surface area contributed by atoms with E-state index in [9.17, 15) is 93.8 Å². The third-order valence-electron chi connectivity index (χ3n) is 9.27. The normalized spacial score (nSPS) is 11.5. The van der Waals surface area contributed by atoms with E-state index in [1.807, 2.05) is 5.32 Å². The van der Waals surface area contributed by atoms with Crippen LogP contribution in [0.4, 0.5) is 86.0 Å². The Kier molecular flexibility index (Phi) is 18.0. The van der Waals surface area contributed by atoms with Crippen molar-refractivity contribution in [1.29, 1.82) is 0 Å². The Labute approximate surface area is 408 Å². The highest BCUT2D eigenvalue weighted by Gasteiger charge is 2.39. The summed E-state index contributed by atoms with van der Waals surface area (Å²) in [5.74, 6) is -15.2. The second-order valence-corrected chi connectivity index (χ2v) is 14.7. The molecule has 0 aromatic heterocycles. The molecule has 0 saturated heterocycles. The van der Waals surface area contributed by atoms with Gasteiger partial charge in [0.2, 0.25) is 0 Å². The van der Waals surface area contributed by atoms with Crippen LogP contribution in [0.3, 0.4) is 0 Å². The Morgan fingerprint density at radius 1 is 0.480 bits per heavy atom. The summed E-state index contributed by atoms with van der Waals surface area (Å²) >= 11 is 0. The molecule has 0 atom stereocenters. The van der Waals surface area contributed by atoms with E-state index in [0.717, 1.165) is 72.8 Å². The molecule has 6 aromatic rings. The van der Waals surface area contributed by atoms with Gasteiger partial charge in [-0.1, -0.05) is 0 Å². The fraction of sp³-hybridized carbons (Fsp3) is 0.130. The summed E-state index contributed by atoms with van der Waals surface area (Å²) in [5.41, 5.74) is 1.97. The molecule has 7 N–H and O–H groups in total. The monoisotopic (exact) mass is 1090 g/mol. The molecule has 0 fully saturated rings. The van der Waals surface area contributed by atoms with Gasteiger partial charge in [0.05, 0.1) is 22.3 Å². The standard InChI is InChI=1S/C23H14F8N2O4.C16H10F6N2O2.C7H5F3O2/c1-10-8-15(24)13(20(32)34)9-16(10)33-21(35)18-17(7-6-14(19(18)25)22(26,27)28)36-11-2-4-12(5-3-11)37-23(29,30)31;1-6-4-10(18)7(14(23)25)5-11(6)24-15(26)12-9(17)3-2-8(13(12)19)16(20,21)22;8-7(9,10)12-6-3-1-5(11)2-4-6/h2-9H,1H3,(H2,32,34)(H,33,35);2-5H,1H3,(H2,23,25)(H,24,26);1-4,11H. The molecule has 400 valence electrons. The summed E-state index contributed by atoms with van der Waals surface area (Å²) in [4.78, 5) is 47.5. The molecule has 0 bridgehead atoms. The van der Waals surface area contributed by atoms with Gasteiger partial charge < -0.3 is 41.4 Å². The summed E-state index contributed by atoms with van der Waals surface area (Å²) in [6, 6.07) is 12.5. The number of phenols is 1. The highest BCUT2D eigenvalue weighted by molar-refractivity contribution is 6.08. The lowest BCUT2D eigenvalue weighted by atomic mass is 10.1. The van der Waals surface area contributed by atoms with Crippen molar-refractivity contribution < 1.29 is 113 Å². The molecule has 0 heterocycles. The number of carbonyl (C=O) groups excluding carboxylic acids is 4. The number of amides is 4. The number of aryl methyl sites for hydroxylation is 2. The molecule has 4 amide bonds. The Hall–Kier alpha value is -8.79. The Morgan fingerprint density at radius 2 is 0.840 bits per heavy atom. The molecule has 0 aliphatic carbocycles. The van der Waals surface area contributed by atoms with Crippen molar-refractivity contribution in [2.24, 2.45) is 11.5 Å². The van der Waals surface area contributed by atoms with Gasteiger partial charge in [-0.15, -0.1) is 26.3 Å². The molecule has 0 aliphatic rings. The van der Waals surface area contributed by atoms with E-state index in [1.54, 1.807) is 0 Å². The van der Waals surface area contributed by atoms with Gasteiger partial charge in [-0.05, 0) is 122 Å². The lowest BCUT2D eigenvalue weighted by Crippen LogP contribution is -2.21. The van der Waals surface area contributed by atoms with Crippen LogP contribution in [-0.4, -0.2) is 41.5 Å². The smallest absolute Gasteiger partial charge is 0.508 e. The van der Waals surface area contributed by atoms with E-state index in [0.29, 0.717) is 18.2 Å². The molecule has 0 saturated carbocycles. The quantitative estimate of drug-likeness (QED) is 0.0837. The van der Waals surface area contributed by atoms with E-state index in [-0.39, 0.29) is 45.8 Å². The van der Waals surface area contributed by atoms with Crippen LogP contribution in [0.5, 0.6) is 28.7 Å². The van der Waals surface area contributed by atoms with Crippen LogP contribution in [0.2, 0.25) is 0 Å². The highest BCUT2D eigenvalue weighted by Crippen LogP contribution is 2.39. The van der Waals surface area contributed by atoms with Crippen LogP contribution in [0.15, 0.2) is 97.1 Å². The van der Waals surface area contributed by atoms with E-state index < -0.39 is 123 Å². The van der Waals surface area contributed by atoms with Crippen LogP contribution in [0.25, 0.3) is 0 Å². The number of ether oxygens (including phenoxy) is 3. The molecule has 0 radical (unpaired) electrons. The van der Waals surface area contributed by atoms with E-state index in [2.05, 4.69) is 14.8 Å². The minimum Gasteiger partial charge on any atom is -0.508 e. The van der Waals surface area contributed by atoms with Crippen LogP contribution < -0.4 is 36.3 Å². The first-order valence-electron chi connectivity index (χ1n) is 19.8. The Morgan fingerprint density at radius 3 is 1.23 bits per heavy atom. The van der Waals surface area contributed by atoms with E-state index >= 15 is 0 Å². The number of hydrogen-bond acceptors (Lipinski definition) is 8. The van der Waals surface area contributed by atoms with Gasteiger partial charge in [-0.2, -0.15) is 26.3 Å². The summed E-state index contributed by atoms with van der Waals surface area (Å²) in [6.07, 6.45) is -20.0. The largest absolute Gasteiger partial charge is 0.573 e. The number of nitrogens with two attached hydrogens (primary N) is 2. The number of nitrogens with one attached hydrogen (secondary N) is 2. The fourth-order valence-electron chi connectivity index (χ4n) is 5.90. The molecule has 0 unspecified atom stereocenters. The summed E-state index contributed by atoms with van der Waals surface area (Å²) < 4.78 is 232. The number of rotatable bonds is 10. The second-order valence-electron chi connectivity index (χ2n) is 14.7. The number of benzene rings is 6. The topological polar surface area (TPSA) is 192 Å². The molecule has 0 spiro atoms. The number of alkyl halides is 12. The van der Waals surface area contributed by atoms with E-state index in [4.69, 9.17) is 21.3 Å². The zero-order valence-corrected chi connectivity index (χ0v) is 37.1. The maximum absolute atomic E-state index is 15.0. The minimum atomic E-state index is -5.21. The predicted molar refractivity (Wildman–Crippen MR) is 226 cm³/mol. The zero-order chi connectivity index (χ0) is 56.7. The first-order valence-corrected chi connectivity index (χ1v) is 19.8. The maximum atomic E-state index is 15.0. The number of carbonyl (C=O) groups is 4. The lowest BCUT2D eigenvalue weighted by molar-refractivity contribution is -0.275. The molecule has 29 heteroatoms. The molecule has 12 nitrogen and oxygen atoms in total. The summed E-state index contributed by atoms with van der Waals surface area (Å²) in [7, 11) is 0.